The molecule has 1 N–H and O–H groups in total. The van der Waals surface area contributed by atoms with E-state index in [9.17, 15) is 10.1 Å². The molecule has 0 unspecified atom stereocenters. The highest BCUT2D eigenvalue weighted by atomic mass is 16.5. The fraction of sp³-hybridized carbons (Fsp3) is 0.450. The Morgan fingerprint density at radius 3 is 2.74 bits per heavy atom. The summed E-state index contributed by atoms with van der Waals surface area (Å²) in [5.74, 6) is -0.0259. The summed E-state index contributed by atoms with van der Waals surface area (Å²) in [6.07, 6.45) is 0.709. The molecule has 0 bridgehead atoms. The summed E-state index contributed by atoms with van der Waals surface area (Å²) >= 11 is 0. The molecule has 1 aromatic carbocycles. The monoisotopic (exact) mass is 365 g/mol. The van der Waals surface area contributed by atoms with Gasteiger partial charge in [-0.1, -0.05) is 12.1 Å². The Hall–Kier alpha value is -2.85. The molecule has 0 spiro atoms. The second kappa shape index (κ2) is 7.05. The molecule has 27 heavy (non-hydrogen) atoms. The van der Waals surface area contributed by atoms with Crippen molar-refractivity contribution >= 4 is 11.6 Å². The van der Waals surface area contributed by atoms with Crippen molar-refractivity contribution in [1.29, 1.82) is 5.26 Å². The van der Waals surface area contributed by atoms with Crippen LogP contribution in [0.3, 0.4) is 0 Å². The highest BCUT2D eigenvalue weighted by Gasteiger charge is 2.32. The van der Waals surface area contributed by atoms with E-state index in [1.807, 2.05) is 43.0 Å². The van der Waals surface area contributed by atoms with Crippen LogP contribution in [-0.2, 0) is 11.2 Å². The number of fused-ring (bicyclic) bond motifs is 1. The van der Waals surface area contributed by atoms with Crippen molar-refractivity contribution in [1.82, 2.24) is 15.1 Å². The van der Waals surface area contributed by atoms with E-state index in [2.05, 4.69) is 21.2 Å². The van der Waals surface area contributed by atoms with Crippen LogP contribution in [0.25, 0.3) is 0 Å². The number of benzene rings is 1. The summed E-state index contributed by atoms with van der Waals surface area (Å²) in [4.78, 5) is 17.1. The van der Waals surface area contributed by atoms with Gasteiger partial charge in [0.25, 0.3) is 5.91 Å². The molecule has 3 heterocycles. The summed E-state index contributed by atoms with van der Waals surface area (Å²) in [7, 11) is 0. The van der Waals surface area contributed by atoms with Crippen molar-refractivity contribution < 1.29 is 9.53 Å². The Morgan fingerprint density at radius 2 is 2.00 bits per heavy atom. The molecule has 1 fully saturated rings. The Labute approximate surface area is 158 Å². The SMILES string of the molecule is C[C@@H]1Cc2c(C(=O)N3CCN(c4ccccc4C#N)CC3)n[nH]c2[C@H](C)O1. The minimum Gasteiger partial charge on any atom is -0.369 e. The molecule has 7 heteroatoms. The van der Waals surface area contributed by atoms with Gasteiger partial charge in [0.15, 0.2) is 5.69 Å². The number of para-hydroxylation sites is 1. The van der Waals surface area contributed by atoms with E-state index in [0.717, 1.165) is 16.9 Å². The van der Waals surface area contributed by atoms with Crippen molar-refractivity contribution in [2.45, 2.75) is 32.5 Å². The largest absolute Gasteiger partial charge is 0.369 e. The number of amides is 1. The average Bonchev–Trinajstić information content (AvgIpc) is 3.11. The first kappa shape index (κ1) is 17.6. The summed E-state index contributed by atoms with van der Waals surface area (Å²) in [5, 5.41) is 16.6. The lowest BCUT2D eigenvalue weighted by molar-refractivity contribution is -0.00702. The van der Waals surface area contributed by atoms with Crippen molar-refractivity contribution in [2.75, 3.05) is 31.1 Å². The quantitative estimate of drug-likeness (QED) is 0.882. The second-order valence-corrected chi connectivity index (χ2v) is 7.17. The van der Waals surface area contributed by atoms with E-state index in [-0.39, 0.29) is 18.1 Å². The van der Waals surface area contributed by atoms with E-state index in [0.29, 0.717) is 43.9 Å². The molecule has 1 amide bonds. The number of piperazine rings is 1. The number of hydrogen-bond acceptors (Lipinski definition) is 5. The van der Waals surface area contributed by atoms with E-state index >= 15 is 0 Å². The Kier molecular flexibility index (Phi) is 4.58. The third-order valence-corrected chi connectivity index (χ3v) is 5.37. The van der Waals surface area contributed by atoms with Gasteiger partial charge in [-0.25, -0.2) is 0 Å². The number of ether oxygens (including phenoxy) is 1. The predicted octanol–water partition coefficient (Wildman–Crippen LogP) is 2.27. The van der Waals surface area contributed by atoms with Gasteiger partial charge in [0.05, 0.1) is 29.2 Å². The smallest absolute Gasteiger partial charge is 0.274 e. The number of rotatable bonds is 2. The number of anilines is 1. The van der Waals surface area contributed by atoms with Crippen LogP contribution < -0.4 is 4.90 Å². The third kappa shape index (κ3) is 3.17. The number of carbonyl (C=O) groups excluding carboxylic acids is 1. The van der Waals surface area contributed by atoms with Crippen LogP contribution in [0.2, 0.25) is 0 Å². The lowest BCUT2D eigenvalue weighted by atomic mass is 9.99. The summed E-state index contributed by atoms with van der Waals surface area (Å²) < 4.78 is 5.81. The Bertz CT molecular complexity index is 892. The fourth-order valence-electron chi connectivity index (χ4n) is 3.99. The van der Waals surface area contributed by atoms with Gasteiger partial charge in [-0.05, 0) is 26.0 Å². The molecule has 0 radical (unpaired) electrons. The highest BCUT2D eigenvalue weighted by Crippen LogP contribution is 2.31. The molecule has 4 rings (SSSR count). The molecule has 0 saturated carbocycles. The lowest BCUT2D eigenvalue weighted by Gasteiger charge is -2.36. The first-order chi connectivity index (χ1) is 13.1. The standard InChI is InChI=1S/C20H23N5O2/c1-13-11-16-18(14(2)27-13)22-23-19(16)20(26)25-9-7-24(8-10-25)17-6-4-3-5-15(17)12-21/h3-6,13-14H,7-11H2,1-2H3,(H,22,23)/t13-,14+/m1/s1. The number of nitrogens with zero attached hydrogens (tertiary/aromatic N) is 4. The maximum Gasteiger partial charge on any atom is 0.274 e. The van der Waals surface area contributed by atoms with Crippen LogP contribution >= 0.6 is 0 Å². The summed E-state index contributed by atoms with van der Waals surface area (Å²) in [5.41, 5.74) is 4.03. The van der Waals surface area contributed by atoms with Crippen LogP contribution in [0.1, 0.15) is 47.3 Å². The number of nitrogens with one attached hydrogen (secondary N) is 1. The number of hydrogen-bond donors (Lipinski definition) is 1. The zero-order chi connectivity index (χ0) is 19.0. The topological polar surface area (TPSA) is 85.3 Å². The van der Waals surface area contributed by atoms with Gasteiger partial charge in [0.2, 0.25) is 0 Å². The van der Waals surface area contributed by atoms with Gasteiger partial charge in [-0.15, -0.1) is 0 Å². The van der Waals surface area contributed by atoms with E-state index in [1.54, 1.807) is 0 Å². The van der Waals surface area contributed by atoms with Crippen LogP contribution in [0, 0.1) is 11.3 Å². The third-order valence-electron chi connectivity index (χ3n) is 5.37. The van der Waals surface area contributed by atoms with Gasteiger partial charge < -0.3 is 14.5 Å². The predicted molar refractivity (Wildman–Crippen MR) is 101 cm³/mol. The number of H-pyrrole nitrogens is 1. The van der Waals surface area contributed by atoms with Crippen LogP contribution in [-0.4, -0.2) is 53.3 Å². The number of nitriles is 1. The Morgan fingerprint density at radius 1 is 1.26 bits per heavy atom. The molecule has 2 aromatic rings. The summed E-state index contributed by atoms with van der Waals surface area (Å²) in [6.45, 7) is 6.63. The van der Waals surface area contributed by atoms with Gasteiger partial charge in [-0.2, -0.15) is 10.4 Å². The first-order valence-corrected chi connectivity index (χ1v) is 9.34. The molecule has 140 valence electrons. The normalized spacial score (nSPS) is 22.3. The van der Waals surface area contributed by atoms with E-state index < -0.39 is 0 Å². The van der Waals surface area contributed by atoms with Crippen molar-refractivity contribution in [3.63, 3.8) is 0 Å². The number of aromatic amines is 1. The molecule has 1 aromatic heterocycles. The second-order valence-electron chi connectivity index (χ2n) is 7.17. The van der Waals surface area contributed by atoms with Gasteiger partial charge >= 0.3 is 0 Å². The van der Waals surface area contributed by atoms with Crippen molar-refractivity contribution in [3.8, 4) is 6.07 Å². The number of carbonyl (C=O) groups is 1. The zero-order valence-electron chi connectivity index (χ0n) is 15.6. The molecule has 1 saturated heterocycles. The lowest BCUT2D eigenvalue weighted by Crippen LogP contribution is -2.49. The molecule has 2 aliphatic heterocycles. The highest BCUT2D eigenvalue weighted by molar-refractivity contribution is 5.94. The molecule has 0 aliphatic carbocycles. The van der Waals surface area contributed by atoms with Crippen LogP contribution in [0.15, 0.2) is 24.3 Å². The first-order valence-electron chi connectivity index (χ1n) is 9.34. The van der Waals surface area contributed by atoms with Gasteiger partial charge in [0, 0.05) is 38.2 Å². The van der Waals surface area contributed by atoms with Crippen molar-refractivity contribution in [3.05, 3.63) is 46.8 Å². The van der Waals surface area contributed by atoms with Crippen LogP contribution in [0.5, 0.6) is 0 Å². The minimum absolute atomic E-state index is 0.0259. The zero-order valence-corrected chi connectivity index (χ0v) is 15.6. The molecule has 7 nitrogen and oxygen atoms in total. The van der Waals surface area contributed by atoms with Gasteiger partial charge in [0.1, 0.15) is 6.07 Å². The summed E-state index contributed by atoms with van der Waals surface area (Å²) in [6, 6.07) is 9.84. The van der Waals surface area contributed by atoms with E-state index in [4.69, 9.17) is 4.74 Å². The molecule has 2 aliphatic rings. The molecule has 2 atom stereocenters. The van der Waals surface area contributed by atoms with E-state index in [1.165, 1.54) is 0 Å². The maximum absolute atomic E-state index is 13.0. The average molecular weight is 365 g/mol. The number of aromatic nitrogens is 2. The minimum atomic E-state index is -0.0721. The van der Waals surface area contributed by atoms with Crippen LogP contribution in [0.4, 0.5) is 5.69 Å². The molecular formula is C20H23N5O2. The fourth-order valence-corrected chi connectivity index (χ4v) is 3.99. The maximum atomic E-state index is 13.0. The van der Waals surface area contributed by atoms with Gasteiger partial charge in [-0.3, -0.25) is 9.89 Å². The van der Waals surface area contributed by atoms with Crippen molar-refractivity contribution in [2.24, 2.45) is 0 Å². The Balaban J connectivity index is 1.48. The molecular weight excluding hydrogens is 342 g/mol.